The minimum Gasteiger partial charge on any atom is -0.254 e. The van der Waals surface area contributed by atoms with Crippen LogP contribution in [0.25, 0.3) is 22.4 Å². The third-order valence-electron chi connectivity index (χ3n) is 3.95. The zero-order valence-electron chi connectivity index (χ0n) is 13.8. The largest absolute Gasteiger partial charge is 0.254 e. The molecule has 0 unspecified atom stereocenters. The Morgan fingerprint density at radius 2 is 1.69 bits per heavy atom. The predicted octanol–water partition coefficient (Wildman–Crippen LogP) is 3.41. The summed E-state index contributed by atoms with van der Waals surface area (Å²) in [6, 6.07) is 15.4. The van der Waals surface area contributed by atoms with Crippen LogP contribution in [0.2, 0.25) is 5.02 Å². The molecule has 0 aliphatic rings. The van der Waals surface area contributed by atoms with Crippen molar-refractivity contribution in [3.8, 4) is 28.5 Å². The van der Waals surface area contributed by atoms with E-state index in [1.807, 2.05) is 19.1 Å². The van der Waals surface area contributed by atoms with Crippen molar-refractivity contribution in [2.24, 2.45) is 5.14 Å². The van der Waals surface area contributed by atoms with E-state index in [9.17, 15) is 13.7 Å². The summed E-state index contributed by atoms with van der Waals surface area (Å²) in [6.45, 7) is 2.42. The van der Waals surface area contributed by atoms with E-state index < -0.39 is 10.0 Å². The Labute approximate surface area is 156 Å². The van der Waals surface area contributed by atoms with Crippen molar-refractivity contribution >= 4 is 21.6 Å². The molecule has 132 valence electrons. The Bertz CT molecular complexity index is 1100. The van der Waals surface area contributed by atoms with E-state index in [0.29, 0.717) is 34.1 Å². The number of hydrogen-bond donors (Lipinski definition) is 1. The van der Waals surface area contributed by atoms with Crippen LogP contribution in [0, 0.1) is 11.3 Å². The first-order valence-corrected chi connectivity index (χ1v) is 9.67. The number of benzene rings is 2. The highest BCUT2D eigenvalue weighted by Gasteiger charge is 2.20. The van der Waals surface area contributed by atoms with Gasteiger partial charge in [0, 0.05) is 22.7 Å². The number of aryl methyl sites for hydroxylation is 1. The average molecular weight is 387 g/mol. The van der Waals surface area contributed by atoms with Gasteiger partial charge in [0.2, 0.25) is 10.0 Å². The van der Waals surface area contributed by atoms with Crippen molar-refractivity contribution in [1.29, 1.82) is 5.26 Å². The number of rotatable bonds is 4. The second-order valence-corrected chi connectivity index (χ2v) is 7.57. The number of sulfonamides is 1. The molecule has 8 heteroatoms. The van der Waals surface area contributed by atoms with Gasteiger partial charge in [-0.2, -0.15) is 10.4 Å². The number of primary sulfonamides is 1. The monoisotopic (exact) mass is 386 g/mol. The van der Waals surface area contributed by atoms with Crippen molar-refractivity contribution in [1.82, 2.24) is 9.78 Å². The third kappa shape index (κ3) is 3.35. The molecule has 1 heterocycles. The third-order valence-corrected chi connectivity index (χ3v) is 5.13. The summed E-state index contributed by atoms with van der Waals surface area (Å²) in [7, 11) is -3.77. The topological polar surface area (TPSA) is 102 Å². The van der Waals surface area contributed by atoms with E-state index in [1.54, 1.807) is 28.9 Å². The highest BCUT2D eigenvalue weighted by atomic mass is 35.5. The molecule has 0 radical (unpaired) electrons. The lowest BCUT2D eigenvalue weighted by Crippen LogP contribution is -2.11. The standard InChI is InChI=1S/C18H15ClN4O2S/c1-2-23-16(11-20)17(12-3-7-14(19)8-4-12)18(22-23)13-5-9-15(10-6-13)26(21,24)25/h3-10H,2H2,1H3,(H2,21,24,25). The van der Waals surface area contributed by atoms with E-state index in [4.69, 9.17) is 16.7 Å². The van der Waals surface area contributed by atoms with Crippen molar-refractivity contribution in [3.63, 3.8) is 0 Å². The Balaban J connectivity index is 2.23. The minimum atomic E-state index is -3.77. The summed E-state index contributed by atoms with van der Waals surface area (Å²) >= 11 is 5.97. The molecule has 0 spiro atoms. The predicted molar refractivity (Wildman–Crippen MR) is 99.9 cm³/mol. The molecule has 3 rings (SSSR count). The van der Waals surface area contributed by atoms with Crippen molar-refractivity contribution in [2.75, 3.05) is 0 Å². The summed E-state index contributed by atoms with van der Waals surface area (Å²) in [5, 5.41) is 19.9. The van der Waals surface area contributed by atoms with Crippen LogP contribution in [0.1, 0.15) is 12.6 Å². The molecule has 2 aromatic carbocycles. The summed E-state index contributed by atoms with van der Waals surface area (Å²) < 4.78 is 24.5. The second-order valence-electron chi connectivity index (χ2n) is 5.58. The highest BCUT2D eigenvalue weighted by molar-refractivity contribution is 7.89. The van der Waals surface area contributed by atoms with Gasteiger partial charge in [0.05, 0.1) is 4.90 Å². The van der Waals surface area contributed by atoms with Gasteiger partial charge in [-0.05, 0) is 36.8 Å². The lowest BCUT2D eigenvalue weighted by atomic mass is 9.99. The van der Waals surface area contributed by atoms with Gasteiger partial charge in [-0.1, -0.05) is 35.9 Å². The fourth-order valence-electron chi connectivity index (χ4n) is 2.70. The maximum absolute atomic E-state index is 11.5. The Hall–Kier alpha value is -2.66. The number of halogens is 1. The van der Waals surface area contributed by atoms with Gasteiger partial charge in [0.15, 0.2) is 0 Å². The SMILES string of the molecule is CCn1nc(-c2ccc(S(N)(=O)=O)cc2)c(-c2ccc(Cl)cc2)c1C#N. The van der Waals surface area contributed by atoms with E-state index in [1.165, 1.54) is 12.1 Å². The van der Waals surface area contributed by atoms with Crippen LogP contribution in [0.5, 0.6) is 0 Å². The van der Waals surface area contributed by atoms with Crippen LogP contribution in [0.3, 0.4) is 0 Å². The Morgan fingerprint density at radius 3 is 2.19 bits per heavy atom. The van der Waals surface area contributed by atoms with Crippen LogP contribution < -0.4 is 5.14 Å². The van der Waals surface area contributed by atoms with Crippen molar-refractivity contribution in [3.05, 3.63) is 59.2 Å². The smallest absolute Gasteiger partial charge is 0.238 e. The molecular weight excluding hydrogens is 372 g/mol. The van der Waals surface area contributed by atoms with Crippen LogP contribution >= 0.6 is 11.6 Å². The quantitative estimate of drug-likeness (QED) is 0.742. The van der Waals surface area contributed by atoms with Gasteiger partial charge in [0.1, 0.15) is 17.5 Å². The van der Waals surface area contributed by atoms with Gasteiger partial charge >= 0.3 is 0 Å². The molecular formula is C18H15ClN4O2S. The minimum absolute atomic E-state index is 0.0183. The molecule has 0 amide bonds. The fourth-order valence-corrected chi connectivity index (χ4v) is 3.34. The lowest BCUT2D eigenvalue weighted by Gasteiger charge is -2.05. The summed E-state index contributed by atoms with van der Waals surface area (Å²) in [4.78, 5) is 0.0183. The van der Waals surface area contributed by atoms with E-state index in [-0.39, 0.29) is 4.90 Å². The van der Waals surface area contributed by atoms with Gasteiger partial charge in [-0.25, -0.2) is 13.6 Å². The molecule has 1 aromatic heterocycles. The van der Waals surface area contributed by atoms with E-state index in [2.05, 4.69) is 11.2 Å². The van der Waals surface area contributed by atoms with Crippen LogP contribution in [-0.2, 0) is 16.6 Å². The van der Waals surface area contributed by atoms with Crippen LogP contribution in [0.15, 0.2) is 53.4 Å². The van der Waals surface area contributed by atoms with Crippen LogP contribution in [0.4, 0.5) is 0 Å². The molecule has 0 fully saturated rings. The number of nitriles is 1. The van der Waals surface area contributed by atoms with Crippen molar-refractivity contribution < 1.29 is 8.42 Å². The van der Waals surface area contributed by atoms with E-state index >= 15 is 0 Å². The highest BCUT2D eigenvalue weighted by Crippen LogP contribution is 2.35. The molecule has 0 aliphatic carbocycles. The summed E-state index contributed by atoms with van der Waals surface area (Å²) in [5.74, 6) is 0. The lowest BCUT2D eigenvalue weighted by molar-refractivity contribution is 0.598. The first-order chi connectivity index (χ1) is 12.3. The molecule has 6 nitrogen and oxygen atoms in total. The van der Waals surface area contributed by atoms with Gasteiger partial charge in [0.25, 0.3) is 0 Å². The fraction of sp³-hybridized carbons (Fsp3) is 0.111. The Kier molecular flexibility index (Phi) is 4.83. The Morgan fingerprint density at radius 1 is 1.12 bits per heavy atom. The number of nitrogens with two attached hydrogens (primary N) is 1. The number of nitrogens with zero attached hydrogens (tertiary/aromatic N) is 3. The second kappa shape index (κ2) is 6.92. The first kappa shape index (κ1) is 18.1. The average Bonchev–Trinajstić information content (AvgIpc) is 3.00. The van der Waals surface area contributed by atoms with Gasteiger partial charge in [-0.3, -0.25) is 4.68 Å². The zero-order chi connectivity index (χ0) is 18.9. The molecule has 0 bridgehead atoms. The van der Waals surface area contributed by atoms with Gasteiger partial charge in [-0.15, -0.1) is 0 Å². The maximum atomic E-state index is 11.5. The summed E-state index contributed by atoms with van der Waals surface area (Å²) in [5.41, 5.74) is 3.18. The molecule has 0 saturated carbocycles. The molecule has 2 N–H and O–H groups in total. The van der Waals surface area contributed by atoms with E-state index in [0.717, 1.165) is 5.56 Å². The number of hydrogen-bond acceptors (Lipinski definition) is 4. The number of aromatic nitrogens is 2. The molecule has 26 heavy (non-hydrogen) atoms. The maximum Gasteiger partial charge on any atom is 0.238 e. The molecule has 0 aliphatic heterocycles. The zero-order valence-corrected chi connectivity index (χ0v) is 15.4. The molecule has 0 saturated heterocycles. The van der Waals surface area contributed by atoms with Crippen molar-refractivity contribution in [2.45, 2.75) is 18.4 Å². The first-order valence-electron chi connectivity index (χ1n) is 7.75. The normalized spacial score (nSPS) is 11.3. The van der Waals surface area contributed by atoms with Gasteiger partial charge < -0.3 is 0 Å². The van der Waals surface area contributed by atoms with Crippen LogP contribution in [-0.4, -0.2) is 18.2 Å². The molecule has 0 atom stereocenters. The molecule has 3 aromatic rings. The summed E-state index contributed by atoms with van der Waals surface area (Å²) in [6.07, 6.45) is 0.